The molecule has 1 aromatic carbocycles. The molecule has 2 aliphatic rings. The monoisotopic (exact) mass is 315 g/mol. The highest BCUT2D eigenvalue weighted by molar-refractivity contribution is 8.07. The third kappa shape index (κ3) is 2.46. The molecule has 0 unspecified atom stereocenters. The largest absolute Gasteiger partial charge is 0.481 e. The molecule has 4 nitrogen and oxygen atoms in total. The minimum Gasteiger partial charge on any atom is -0.481 e. The third-order valence-electron chi connectivity index (χ3n) is 4.12. The van der Waals surface area contributed by atoms with Gasteiger partial charge in [0.2, 0.25) is 0 Å². The Morgan fingerprint density at radius 2 is 2.05 bits per heavy atom. The molecule has 0 atom stereocenters. The van der Waals surface area contributed by atoms with Gasteiger partial charge in [-0.1, -0.05) is 36.0 Å². The summed E-state index contributed by atoms with van der Waals surface area (Å²) in [5.41, 5.74) is 3.65. The first-order valence-electron chi connectivity index (χ1n) is 7.19. The normalized spacial score (nSPS) is 20.8. The van der Waals surface area contributed by atoms with Gasteiger partial charge in [0.1, 0.15) is 0 Å². The van der Waals surface area contributed by atoms with Crippen LogP contribution in [-0.4, -0.2) is 28.3 Å². The quantitative estimate of drug-likeness (QED) is 0.866. The minimum absolute atomic E-state index is 0.0586. The Morgan fingerprint density at radius 1 is 1.32 bits per heavy atom. The van der Waals surface area contributed by atoms with E-state index in [2.05, 4.69) is 0 Å². The number of Topliss-reactive ketones (excluding diaryl/α,β-unsaturated/α-hetero) is 1. The van der Waals surface area contributed by atoms with Gasteiger partial charge in [0.05, 0.1) is 11.4 Å². The number of carbonyl (C=O) groups excluding carboxylic acids is 1. The number of benzene rings is 1. The molecule has 1 N–H and O–H groups in total. The van der Waals surface area contributed by atoms with E-state index < -0.39 is 5.97 Å². The second-order valence-corrected chi connectivity index (χ2v) is 6.69. The van der Waals surface area contributed by atoms with Crippen molar-refractivity contribution in [3.8, 4) is 0 Å². The molecular formula is C17H17NO3S. The van der Waals surface area contributed by atoms with Crippen molar-refractivity contribution in [1.82, 2.24) is 4.90 Å². The number of rotatable bonds is 3. The van der Waals surface area contributed by atoms with Crippen LogP contribution in [0.25, 0.3) is 0 Å². The Hall–Kier alpha value is -2.01. The summed E-state index contributed by atoms with van der Waals surface area (Å²) in [5, 5.41) is 9.84. The zero-order valence-corrected chi connectivity index (χ0v) is 13.4. The summed E-state index contributed by atoms with van der Waals surface area (Å²) in [7, 11) is 0. The standard InChI is InChI=1S/C17H17NO3S/c1-10-11(2)22-17(18(10)8-7-15(19)20)14-9-12-5-3-4-6-13(12)16(14)21/h3-6H,7-9H2,1-2H3,(H,19,20)/b17-14-. The van der Waals surface area contributed by atoms with Crippen LogP contribution in [0.2, 0.25) is 0 Å². The topological polar surface area (TPSA) is 57.6 Å². The summed E-state index contributed by atoms with van der Waals surface area (Å²) >= 11 is 1.58. The van der Waals surface area contributed by atoms with Crippen LogP contribution >= 0.6 is 11.8 Å². The minimum atomic E-state index is -0.826. The van der Waals surface area contributed by atoms with E-state index in [1.165, 1.54) is 0 Å². The molecule has 114 valence electrons. The molecule has 22 heavy (non-hydrogen) atoms. The highest BCUT2D eigenvalue weighted by Crippen LogP contribution is 2.45. The highest BCUT2D eigenvalue weighted by Gasteiger charge is 2.33. The van der Waals surface area contributed by atoms with E-state index in [1.807, 2.05) is 43.0 Å². The number of aliphatic carboxylic acids is 1. The number of thioether (sulfide) groups is 1. The molecular weight excluding hydrogens is 298 g/mol. The van der Waals surface area contributed by atoms with Crippen LogP contribution in [0.3, 0.4) is 0 Å². The molecule has 0 bridgehead atoms. The molecule has 5 heteroatoms. The molecule has 0 fully saturated rings. The average Bonchev–Trinajstić information content (AvgIpc) is 2.96. The Kier molecular flexibility index (Phi) is 3.83. The number of carboxylic acids is 1. The van der Waals surface area contributed by atoms with Gasteiger partial charge in [-0.3, -0.25) is 9.59 Å². The Labute approximate surface area is 133 Å². The fourth-order valence-electron chi connectivity index (χ4n) is 2.82. The average molecular weight is 315 g/mol. The third-order valence-corrected chi connectivity index (χ3v) is 5.38. The lowest BCUT2D eigenvalue weighted by Gasteiger charge is -2.22. The smallest absolute Gasteiger partial charge is 0.305 e. The Balaban J connectivity index is 1.97. The number of fused-ring (bicyclic) bond motifs is 1. The number of carbonyl (C=O) groups is 2. The van der Waals surface area contributed by atoms with Crippen LogP contribution in [0.4, 0.5) is 0 Å². The molecule has 0 aromatic heterocycles. The van der Waals surface area contributed by atoms with Gasteiger partial charge in [0, 0.05) is 34.7 Å². The lowest BCUT2D eigenvalue weighted by Crippen LogP contribution is -2.22. The maximum absolute atomic E-state index is 12.6. The highest BCUT2D eigenvalue weighted by atomic mass is 32.2. The van der Waals surface area contributed by atoms with Crippen molar-refractivity contribution in [2.24, 2.45) is 0 Å². The SMILES string of the molecule is CC1=C(C)N(CCC(=O)O)/C(=C2\Cc3ccccc3C2=O)S1. The molecule has 0 radical (unpaired) electrons. The van der Waals surface area contributed by atoms with Crippen molar-refractivity contribution in [2.75, 3.05) is 6.54 Å². The zero-order valence-electron chi connectivity index (χ0n) is 12.5. The maximum Gasteiger partial charge on any atom is 0.305 e. The van der Waals surface area contributed by atoms with Gasteiger partial charge in [-0.25, -0.2) is 0 Å². The number of allylic oxidation sites excluding steroid dienone is 3. The van der Waals surface area contributed by atoms with Crippen molar-refractivity contribution >= 4 is 23.5 Å². The molecule has 1 aliphatic heterocycles. The van der Waals surface area contributed by atoms with Gasteiger partial charge in [-0.15, -0.1) is 0 Å². The number of hydrogen-bond donors (Lipinski definition) is 1. The molecule has 1 aromatic rings. The van der Waals surface area contributed by atoms with Crippen molar-refractivity contribution in [1.29, 1.82) is 0 Å². The van der Waals surface area contributed by atoms with E-state index in [4.69, 9.17) is 5.11 Å². The van der Waals surface area contributed by atoms with Gasteiger partial charge in [-0.2, -0.15) is 0 Å². The number of hydrogen-bond acceptors (Lipinski definition) is 4. The van der Waals surface area contributed by atoms with Crippen LogP contribution in [0.1, 0.15) is 36.2 Å². The first-order valence-corrected chi connectivity index (χ1v) is 8.01. The van der Waals surface area contributed by atoms with E-state index in [-0.39, 0.29) is 12.2 Å². The van der Waals surface area contributed by atoms with Crippen LogP contribution in [0.15, 0.2) is 45.5 Å². The van der Waals surface area contributed by atoms with E-state index in [1.54, 1.807) is 11.8 Å². The molecule has 1 heterocycles. The zero-order chi connectivity index (χ0) is 15.9. The second kappa shape index (κ2) is 5.65. The van der Waals surface area contributed by atoms with Crippen LogP contribution < -0.4 is 0 Å². The molecule has 0 amide bonds. The van der Waals surface area contributed by atoms with Crippen molar-refractivity contribution in [3.05, 3.63) is 56.6 Å². The van der Waals surface area contributed by atoms with Gasteiger partial charge in [0.25, 0.3) is 0 Å². The van der Waals surface area contributed by atoms with Crippen molar-refractivity contribution < 1.29 is 14.7 Å². The van der Waals surface area contributed by atoms with Crippen LogP contribution in [-0.2, 0) is 11.2 Å². The summed E-state index contributed by atoms with van der Waals surface area (Å²) in [5.74, 6) is -0.756. The van der Waals surface area contributed by atoms with Gasteiger partial charge >= 0.3 is 5.97 Å². The van der Waals surface area contributed by atoms with Gasteiger partial charge in [-0.05, 0) is 19.4 Å². The predicted octanol–water partition coefficient (Wildman–Crippen LogP) is 3.41. The van der Waals surface area contributed by atoms with Gasteiger partial charge in [0.15, 0.2) is 5.78 Å². The molecule has 0 spiro atoms. The lowest BCUT2D eigenvalue weighted by atomic mass is 10.1. The van der Waals surface area contributed by atoms with Gasteiger partial charge < -0.3 is 10.0 Å². The first-order chi connectivity index (χ1) is 10.5. The second-order valence-electron chi connectivity index (χ2n) is 5.49. The first kappa shape index (κ1) is 14.9. The maximum atomic E-state index is 12.6. The Bertz CT molecular complexity index is 733. The fraction of sp³-hybridized carbons (Fsp3) is 0.294. The molecule has 1 aliphatic carbocycles. The van der Waals surface area contributed by atoms with Crippen LogP contribution in [0, 0.1) is 0 Å². The molecule has 3 rings (SSSR count). The van der Waals surface area contributed by atoms with Crippen molar-refractivity contribution in [3.63, 3.8) is 0 Å². The lowest BCUT2D eigenvalue weighted by molar-refractivity contribution is -0.137. The van der Waals surface area contributed by atoms with Crippen molar-refractivity contribution in [2.45, 2.75) is 26.7 Å². The number of carboxylic acid groups (broad SMARTS) is 1. The summed E-state index contributed by atoms with van der Waals surface area (Å²) in [6, 6.07) is 7.66. The Morgan fingerprint density at radius 3 is 2.73 bits per heavy atom. The van der Waals surface area contributed by atoms with E-state index in [9.17, 15) is 9.59 Å². The summed E-state index contributed by atoms with van der Waals surface area (Å²) in [6.07, 6.45) is 0.685. The fourth-order valence-corrected chi connectivity index (χ4v) is 3.99. The van der Waals surface area contributed by atoms with E-state index in [0.29, 0.717) is 13.0 Å². The van der Waals surface area contributed by atoms with Crippen LogP contribution in [0.5, 0.6) is 0 Å². The summed E-state index contributed by atoms with van der Waals surface area (Å²) in [4.78, 5) is 26.6. The van der Waals surface area contributed by atoms with E-state index >= 15 is 0 Å². The summed E-state index contributed by atoms with van der Waals surface area (Å²) < 4.78 is 0. The summed E-state index contributed by atoms with van der Waals surface area (Å²) in [6.45, 7) is 4.38. The van der Waals surface area contributed by atoms with E-state index in [0.717, 1.165) is 32.3 Å². The molecule has 0 saturated carbocycles. The molecule has 0 saturated heterocycles. The number of nitrogens with zero attached hydrogens (tertiary/aromatic N) is 1. The predicted molar refractivity (Wildman–Crippen MR) is 86.4 cm³/mol. The number of ketones is 1.